The minimum absolute atomic E-state index is 0. The Morgan fingerprint density at radius 1 is 1.83 bits per heavy atom. The minimum Gasteiger partial charge on any atom is -1.00 e. The predicted octanol–water partition coefficient (Wildman–Crippen LogP) is -4.29. The fourth-order valence-electron chi connectivity index (χ4n) is 0.445. The molecular weight excluding hydrogens is 182 g/mol. The highest BCUT2D eigenvalue weighted by Crippen LogP contribution is 1.90. The van der Waals surface area contributed by atoms with Crippen LogP contribution in [-0.2, 0) is 9.53 Å². The van der Waals surface area contributed by atoms with Crippen LogP contribution in [-0.4, -0.2) is 29.8 Å². The van der Waals surface area contributed by atoms with Gasteiger partial charge < -0.3 is 28.0 Å². The van der Waals surface area contributed by atoms with Gasteiger partial charge in [-0.25, -0.2) is 4.79 Å². The summed E-state index contributed by atoms with van der Waals surface area (Å²) in [6, 6.07) is -0.713. The summed E-state index contributed by atoms with van der Waals surface area (Å²) < 4.78 is 4.63. The number of halogens is 1. The Bertz CT molecular complexity index is 150. The highest BCUT2D eigenvalue weighted by atomic mass is 35.5. The minimum atomic E-state index is -0.771. The zero-order valence-electron chi connectivity index (χ0n) is 7.00. The monoisotopic (exact) mass is 195 g/mol. The van der Waals surface area contributed by atoms with E-state index in [0.29, 0.717) is 0 Å². The molecule has 0 radical (unpaired) electrons. The Morgan fingerprint density at radius 2 is 2.33 bits per heavy atom. The van der Waals surface area contributed by atoms with Crippen molar-refractivity contribution in [2.75, 3.05) is 6.61 Å². The maximum Gasteiger partial charge on any atom is 0.367 e. The second-order valence-corrected chi connectivity index (χ2v) is 2.27. The van der Waals surface area contributed by atoms with Gasteiger partial charge >= 0.3 is 5.97 Å². The summed E-state index contributed by atoms with van der Waals surface area (Å²) in [4.78, 5) is 10.9. The quantitative estimate of drug-likeness (QED) is 0.352. The molecule has 0 aromatic carbocycles. The Balaban J connectivity index is 0. The molecule has 0 heterocycles. The molecule has 0 aliphatic rings. The number of aliphatic hydroxyl groups is 1. The van der Waals surface area contributed by atoms with Gasteiger partial charge in [0.25, 0.3) is 0 Å². The molecule has 0 aromatic heterocycles. The van der Waals surface area contributed by atoms with Gasteiger partial charge in [0.15, 0.2) is 0 Å². The highest BCUT2D eigenvalue weighted by molar-refractivity contribution is 5.74. The van der Waals surface area contributed by atoms with E-state index in [1.54, 1.807) is 0 Å². The van der Waals surface area contributed by atoms with Gasteiger partial charge in [0.1, 0.15) is 12.7 Å². The van der Waals surface area contributed by atoms with E-state index in [0.717, 1.165) is 0 Å². The summed E-state index contributed by atoms with van der Waals surface area (Å²) in [7, 11) is 0. The van der Waals surface area contributed by atoms with Crippen LogP contribution in [0.25, 0.3) is 0 Å². The molecule has 0 fully saturated rings. The number of ether oxygens (including phenoxy) is 1. The Hall–Kier alpha value is -0.580. The predicted molar refractivity (Wildman–Crippen MR) is 39.5 cm³/mol. The third-order valence-electron chi connectivity index (χ3n) is 1.23. The molecule has 0 bridgehead atoms. The lowest BCUT2D eigenvalue weighted by molar-refractivity contribution is -0.423. The van der Waals surface area contributed by atoms with Gasteiger partial charge in [-0.05, 0) is 6.92 Å². The van der Waals surface area contributed by atoms with Crippen molar-refractivity contribution in [2.45, 2.75) is 19.1 Å². The molecule has 0 saturated carbocycles. The second-order valence-electron chi connectivity index (χ2n) is 2.27. The number of esters is 1. The standard InChI is InChI=1S/C7H13NO3.ClH/c1-3-4-11-7(10)6(8)5(2)9;/h3,5-6,9H,1,4,8H2,2H3;1H/t5-,6+;/m1./s1. The first-order valence-corrected chi connectivity index (χ1v) is 3.38. The lowest BCUT2D eigenvalue weighted by atomic mass is 10.2. The number of quaternary nitrogens is 1. The lowest BCUT2D eigenvalue weighted by Crippen LogP contribution is -3.00. The van der Waals surface area contributed by atoms with Crippen LogP contribution in [0.1, 0.15) is 6.92 Å². The first-order chi connectivity index (χ1) is 5.09. The van der Waals surface area contributed by atoms with Gasteiger partial charge in [0, 0.05) is 0 Å². The number of hydrogen-bond acceptors (Lipinski definition) is 3. The van der Waals surface area contributed by atoms with Crippen LogP contribution >= 0.6 is 0 Å². The molecule has 5 heteroatoms. The molecular formula is C7H14ClNO3. The fraction of sp³-hybridized carbons (Fsp3) is 0.571. The number of carbonyl (C=O) groups excluding carboxylic acids is 1. The molecule has 0 aromatic rings. The van der Waals surface area contributed by atoms with E-state index in [-0.39, 0.29) is 19.0 Å². The van der Waals surface area contributed by atoms with E-state index in [4.69, 9.17) is 5.11 Å². The topological polar surface area (TPSA) is 74.2 Å². The van der Waals surface area contributed by atoms with Crippen LogP contribution in [0.5, 0.6) is 0 Å². The van der Waals surface area contributed by atoms with E-state index < -0.39 is 18.1 Å². The third kappa shape index (κ3) is 5.12. The first kappa shape index (κ1) is 14.0. The van der Waals surface area contributed by atoms with E-state index in [2.05, 4.69) is 17.0 Å². The van der Waals surface area contributed by atoms with Crippen molar-refractivity contribution in [3.05, 3.63) is 12.7 Å². The number of carbonyl (C=O) groups is 1. The molecule has 4 N–H and O–H groups in total. The van der Waals surface area contributed by atoms with Gasteiger partial charge in [0.2, 0.25) is 6.04 Å². The van der Waals surface area contributed by atoms with Crippen molar-refractivity contribution in [2.24, 2.45) is 0 Å². The van der Waals surface area contributed by atoms with Crippen molar-refractivity contribution in [3.63, 3.8) is 0 Å². The summed E-state index contributed by atoms with van der Waals surface area (Å²) in [6.07, 6.45) is 0.694. The molecule has 12 heavy (non-hydrogen) atoms. The first-order valence-electron chi connectivity index (χ1n) is 3.38. The molecule has 0 amide bonds. The van der Waals surface area contributed by atoms with Crippen molar-refractivity contribution in [3.8, 4) is 0 Å². The molecule has 0 rings (SSSR count). The normalized spacial score (nSPS) is 13.9. The summed E-state index contributed by atoms with van der Waals surface area (Å²) in [5.41, 5.74) is 3.43. The zero-order chi connectivity index (χ0) is 8.85. The van der Waals surface area contributed by atoms with Crippen LogP contribution in [0.2, 0.25) is 0 Å². The molecule has 4 nitrogen and oxygen atoms in total. The summed E-state index contributed by atoms with van der Waals surface area (Å²) in [5, 5.41) is 8.90. The van der Waals surface area contributed by atoms with Crippen molar-refractivity contribution in [1.29, 1.82) is 0 Å². The van der Waals surface area contributed by atoms with E-state index in [1.807, 2.05) is 0 Å². The van der Waals surface area contributed by atoms with Gasteiger partial charge in [0.05, 0.1) is 0 Å². The SMILES string of the molecule is C=CCOC(=O)[C@@H]([NH3+])[C@@H](C)O.[Cl-]. The summed E-state index contributed by atoms with van der Waals surface area (Å²) in [5.74, 6) is -0.500. The van der Waals surface area contributed by atoms with Crippen LogP contribution in [0, 0.1) is 0 Å². The number of hydrogen-bond donors (Lipinski definition) is 2. The second kappa shape index (κ2) is 7.09. The van der Waals surface area contributed by atoms with E-state index >= 15 is 0 Å². The van der Waals surface area contributed by atoms with E-state index in [9.17, 15) is 4.79 Å². The smallest absolute Gasteiger partial charge is 0.367 e. The molecule has 0 unspecified atom stereocenters. The molecule has 0 spiro atoms. The van der Waals surface area contributed by atoms with Crippen molar-refractivity contribution >= 4 is 5.97 Å². The van der Waals surface area contributed by atoms with Crippen LogP contribution in [0.4, 0.5) is 0 Å². The third-order valence-corrected chi connectivity index (χ3v) is 1.23. The summed E-state index contributed by atoms with van der Waals surface area (Å²) in [6.45, 7) is 5.03. The Kier molecular flexibility index (Phi) is 8.26. The lowest BCUT2D eigenvalue weighted by Gasteiger charge is -2.09. The largest absolute Gasteiger partial charge is 1.00 e. The molecule has 0 aliphatic heterocycles. The van der Waals surface area contributed by atoms with Crippen molar-refractivity contribution in [1.82, 2.24) is 0 Å². The average molecular weight is 196 g/mol. The number of aliphatic hydroxyl groups excluding tert-OH is 1. The Labute approximate surface area is 77.8 Å². The van der Waals surface area contributed by atoms with Gasteiger partial charge in [-0.2, -0.15) is 0 Å². The maximum absolute atomic E-state index is 10.9. The maximum atomic E-state index is 10.9. The fourth-order valence-corrected chi connectivity index (χ4v) is 0.445. The van der Waals surface area contributed by atoms with Gasteiger partial charge in [-0.1, -0.05) is 12.7 Å². The number of rotatable bonds is 4. The average Bonchev–Trinajstić information content (AvgIpc) is 1.98. The van der Waals surface area contributed by atoms with Crippen molar-refractivity contribution < 1.29 is 32.8 Å². The van der Waals surface area contributed by atoms with Gasteiger partial charge in [-0.3, -0.25) is 0 Å². The summed E-state index contributed by atoms with van der Waals surface area (Å²) >= 11 is 0. The van der Waals surface area contributed by atoms with Gasteiger partial charge in [-0.15, -0.1) is 0 Å². The van der Waals surface area contributed by atoms with Crippen LogP contribution in [0.3, 0.4) is 0 Å². The molecule has 0 saturated heterocycles. The molecule has 2 atom stereocenters. The molecule has 0 aliphatic carbocycles. The zero-order valence-corrected chi connectivity index (χ0v) is 7.75. The highest BCUT2D eigenvalue weighted by Gasteiger charge is 2.23. The van der Waals surface area contributed by atoms with Crippen LogP contribution in [0.15, 0.2) is 12.7 Å². The van der Waals surface area contributed by atoms with Crippen LogP contribution < -0.4 is 18.1 Å². The molecule has 72 valence electrons. The van der Waals surface area contributed by atoms with E-state index in [1.165, 1.54) is 13.0 Å². The Morgan fingerprint density at radius 3 is 2.67 bits per heavy atom.